The van der Waals surface area contributed by atoms with Crippen LogP contribution in [0.5, 0.6) is 11.5 Å². The molecule has 0 saturated heterocycles. The molecule has 0 aliphatic carbocycles. The highest BCUT2D eigenvalue weighted by Gasteiger charge is 2.13. The highest BCUT2D eigenvalue weighted by atomic mass is 35.5. The van der Waals surface area contributed by atoms with Gasteiger partial charge < -0.3 is 9.47 Å². The van der Waals surface area contributed by atoms with Crippen LogP contribution in [-0.2, 0) is 0 Å². The number of fused-ring (bicyclic) bond motifs is 1. The molecule has 23 heavy (non-hydrogen) atoms. The van der Waals surface area contributed by atoms with Crippen molar-refractivity contribution in [2.75, 3.05) is 19.5 Å². The Morgan fingerprint density at radius 1 is 1.13 bits per heavy atom. The van der Waals surface area contributed by atoms with Crippen molar-refractivity contribution < 1.29 is 14.3 Å². The number of benzene rings is 2. The first-order chi connectivity index (χ1) is 11.1. The van der Waals surface area contributed by atoms with Gasteiger partial charge in [0.15, 0.2) is 16.6 Å². The lowest BCUT2D eigenvalue weighted by molar-refractivity contribution is 0.102. The highest BCUT2D eigenvalue weighted by molar-refractivity contribution is 7.22. The summed E-state index contributed by atoms with van der Waals surface area (Å²) >= 11 is 7.33. The number of rotatable bonds is 4. The lowest BCUT2D eigenvalue weighted by Crippen LogP contribution is -2.11. The van der Waals surface area contributed by atoms with Gasteiger partial charge in [0.05, 0.1) is 24.4 Å². The predicted octanol–water partition coefficient (Wildman–Crippen LogP) is 4.22. The molecule has 3 aromatic rings. The maximum Gasteiger partial charge on any atom is 0.257 e. The average molecular weight is 349 g/mol. The zero-order valence-electron chi connectivity index (χ0n) is 12.4. The van der Waals surface area contributed by atoms with E-state index in [1.165, 1.54) is 18.4 Å². The Morgan fingerprint density at radius 3 is 2.65 bits per heavy atom. The minimum atomic E-state index is -0.267. The van der Waals surface area contributed by atoms with Crippen molar-refractivity contribution in [1.82, 2.24) is 4.98 Å². The van der Waals surface area contributed by atoms with Gasteiger partial charge in [-0.15, -0.1) is 0 Å². The van der Waals surface area contributed by atoms with E-state index in [9.17, 15) is 4.79 Å². The Kier molecular flexibility index (Phi) is 4.36. The lowest BCUT2D eigenvalue weighted by atomic mass is 10.2. The van der Waals surface area contributed by atoms with E-state index in [4.69, 9.17) is 21.1 Å². The summed E-state index contributed by atoms with van der Waals surface area (Å²) in [5.74, 6) is 0.797. The van der Waals surface area contributed by atoms with Crippen molar-refractivity contribution in [3.05, 3.63) is 47.0 Å². The van der Waals surface area contributed by atoms with Crippen molar-refractivity contribution in [2.45, 2.75) is 0 Å². The number of halogens is 1. The van der Waals surface area contributed by atoms with Gasteiger partial charge in [0.2, 0.25) is 0 Å². The van der Waals surface area contributed by atoms with Gasteiger partial charge >= 0.3 is 0 Å². The van der Waals surface area contributed by atoms with Gasteiger partial charge in [0.25, 0.3) is 5.91 Å². The van der Waals surface area contributed by atoms with Crippen molar-refractivity contribution in [1.29, 1.82) is 0 Å². The molecule has 3 rings (SSSR count). The number of nitrogens with zero attached hydrogens (tertiary/aromatic N) is 1. The number of carbonyl (C=O) groups is 1. The molecule has 118 valence electrons. The Labute approximate surface area is 141 Å². The van der Waals surface area contributed by atoms with Crippen molar-refractivity contribution in [2.24, 2.45) is 0 Å². The second-order valence-electron chi connectivity index (χ2n) is 4.65. The highest BCUT2D eigenvalue weighted by Crippen LogP contribution is 2.30. The molecular weight excluding hydrogens is 336 g/mol. The smallest absolute Gasteiger partial charge is 0.257 e. The van der Waals surface area contributed by atoms with Crippen molar-refractivity contribution in [3.8, 4) is 11.5 Å². The minimum Gasteiger partial charge on any atom is -0.493 e. The second kappa shape index (κ2) is 6.44. The van der Waals surface area contributed by atoms with E-state index in [0.717, 1.165) is 10.2 Å². The predicted molar refractivity (Wildman–Crippen MR) is 92.1 cm³/mol. The van der Waals surface area contributed by atoms with Gasteiger partial charge in [-0.1, -0.05) is 22.9 Å². The first-order valence-electron chi connectivity index (χ1n) is 6.70. The summed E-state index contributed by atoms with van der Waals surface area (Å²) in [6.07, 6.45) is 0. The molecule has 1 heterocycles. The van der Waals surface area contributed by atoms with Gasteiger partial charge in [0, 0.05) is 10.6 Å². The number of aromatic nitrogens is 1. The van der Waals surface area contributed by atoms with E-state index in [2.05, 4.69) is 10.3 Å². The molecule has 0 spiro atoms. The number of anilines is 1. The molecule has 0 radical (unpaired) electrons. The van der Waals surface area contributed by atoms with Crippen LogP contribution in [0.2, 0.25) is 5.02 Å². The normalized spacial score (nSPS) is 10.6. The van der Waals surface area contributed by atoms with Gasteiger partial charge in [0.1, 0.15) is 0 Å². The summed E-state index contributed by atoms with van der Waals surface area (Å²) in [6, 6.07) is 10.4. The summed E-state index contributed by atoms with van der Waals surface area (Å²) in [5.41, 5.74) is 1.25. The molecule has 0 unspecified atom stereocenters. The Balaban J connectivity index is 1.85. The maximum absolute atomic E-state index is 12.4. The summed E-state index contributed by atoms with van der Waals surface area (Å²) in [4.78, 5) is 16.7. The van der Waals surface area contributed by atoms with Crippen LogP contribution < -0.4 is 14.8 Å². The van der Waals surface area contributed by atoms with Gasteiger partial charge in [-0.2, -0.15) is 0 Å². The van der Waals surface area contributed by atoms with Gasteiger partial charge in [-0.25, -0.2) is 4.98 Å². The van der Waals surface area contributed by atoms with Gasteiger partial charge in [-0.3, -0.25) is 10.1 Å². The molecule has 0 fully saturated rings. The number of hydrogen-bond acceptors (Lipinski definition) is 5. The topological polar surface area (TPSA) is 60.5 Å². The zero-order chi connectivity index (χ0) is 16.4. The Hall–Kier alpha value is -2.31. The number of thiazole rings is 1. The van der Waals surface area contributed by atoms with E-state index in [-0.39, 0.29) is 5.91 Å². The molecular formula is C16H13ClN2O3S. The molecule has 0 aliphatic heterocycles. The standard InChI is InChI=1S/C16H13ClN2O3S/c1-21-12-6-3-9(7-13(12)22-2)15(20)19-16-18-11-5-4-10(17)8-14(11)23-16/h3-8H,1-2H3,(H,18,19,20). The minimum absolute atomic E-state index is 0.267. The number of amides is 1. The molecule has 0 bridgehead atoms. The van der Waals surface area contributed by atoms with Gasteiger partial charge in [-0.05, 0) is 36.4 Å². The molecule has 7 heteroatoms. The van der Waals surface area contributed by atoms with Crippen LogP contribution >= 0.6 is 22.9 Å². The zero-order valence-corrected chi connectivity index (χ0v) is 14.0. The quantitative estimate of drug-likeness (QED) is 0.766. The fourth-order valence-electron chi connectivity index (χ4n) is 2.10. The fraction of sp³-hybridized carbons (Fsp3) is 0.125. The number of hydrogen-bond donors (Lipinski definition) is 1. The first kappa shape index (κ1) is 15.6. The fourth-order valence-corrected chi connectivity index (χ4v) is 3.24. The summed E-state index contributed by atoms with van der Waals surface area (Å²) in [7, 11) is 3.07. The first-order valence-corrected chi connectivity index (χ1v) is 7.89. The Morgan fingerprint density at radius 2 is 1.91 bits per heavy atom. The monoisotopic (exact) mass is 348 g/mol. The van der Waals surface area contributed by atoms with E-state index in [1.54, 1.807) is 31.4 Å². The van der Waals surface area contributed by atoms with E-state index in [1.807, 2.05) is 12.1 Å². The van der Waals surface area contributed by atoms with Crippen LogP contribution in [0, 0.1) is 0 Å². The second-order valence-corrected chi connectivity index (χ2v) is 6.12. The molecule has 1 amide bonds. The third kappa shape index (κ3) is 3.23. The summed E-state index contributed by atoms with van der Waals surface area (Å²) in [5, 5.41) is 3.94. The molecule has 5 nitrogen and oxygen atoms in total. The van der Waals surface area contributed by atoms with Crippen LogP contribution in [0.25, 0.3) is 10.2 Å². The number of ether oxygens (including phenoxy) is 2. The number of methoxy groups -OCH3 is 2. The van der Waals surface area contributed by atoms with Crippen LogP contribution in [0.15, 0.2) is 36.4 Å². The third-order valence-corrected chi connectivity index (χ3v) is 4.39. The number of carbonyl (C=O) groups excluding carboxylic acids is 1. The molecule has 2 aromatic carbocycles. The third-order valence-electron chi connectivity index (χ3n) is 3.22. The average Bonchev–Trinajstić information content (AvgIpc) is 2.95. The van der Waals surface area contributed by atoms with Crippen molar-refractivity contribution in [3.63, 3.8) is 0 Å². The molecule has 1 aromatic heterocycles. The Bertz CT molecular complexity index is 879. The maximum atomic E-state index is 12.4. The van der Waals surface area contributed by atoms with E-state index >= 15 is 0 Å². The molecule has 0 saturated carbocycles. The van der Waals surface area contributed by atoms with Crippen LogP contribution in [-0.4, -0.2) is 25.1 Å². The SMILES string of the molecule is COc1ccc(C(=O)Nc2nc3ccc(Cl)cc3s2)cc1OC. The largest absolute Gasteiger partial charge is 0.493 e. The summed E-state index contributed by atoms with van der Waals surface area (Å²) in [6.45, 7) is 0. The van der Waals surface area contributed by atoms with Crippen LogP contribution in [0.4, 0.5) is 5.13 Å². The van der Waals surface area contributed by atoms with Crippen LogP contribution in [0.1, 0.15) is 10.4 Å². The molecule has 1 N–H and O–H groups in total. The molecule has 0 aliphatic rings. The van der Waals surface area contributed by atoms with Crippen molar-refractivity contribution >= 4 is 44.2 Å². The van der Waals surface area contributed by atoms with Crippen LogP contribution in [0.3, 0.4) is 0 Å². The van der Waals surface area contributed by atoms with E-state index < -0.39 is 0 Å². The lowest BCUT2D eigenvalue weighted by Gasteiger charge is -2.09. The van der Waals surface area contributed by atoms with E-state index in [0.29, 0.717) is 27.2 Å². The summed E-state index contributed by atoms with van der Waals surface area (Å²) < 4.78 is 11.3. The molecule has 0 atom stereocenters. The number of nitrogens with one attached hydrogen (secondary N) is 1.